The van der Waals surface area contributed by atoms with Crippen molar-refractivity contribution < 1.29 is 9.59 Å². The Balaban J connectivity index is 1.37. The minimum Gasteiger partial charge on any atom is -0.352 e. The van der Waals surface area contributed by atoms with Crippen molar-refractivity contribution >= 4 is 29.3 Å². The molecule has 0 bridgehead atoms. The molecule has 1 aliphatic heterocycles. The number of carbonyl (C=O) groups is 2. The van der Waals surface area contributed by atoms with E-state index in [0.29, 0.717) is 13.1 Å². The number of amides is 2. The summed E-state index contributed by atoms with van der Waals surface area (Å²) in [6.45, 7) is 5.07. The van der Waals surface area contributed by atoms with Crippen LogP contribution in [0.3, 0.4) is 0 Å². The Morgan fingerprint density at radius 2 is 1.87 bits per heavy atom. The first-order valence-electron chi connectivity index (χ1n) is 9.91. The number of nitrogens with zero attached hydrogens (tertiary/aromatic N) is 2. The molecule has 2 heterocycles. The third-order valence-electron chi connectivity index (χ3n) is 5.25. The van der Waals surface area contributed by atoms with Crippen molar-refractivity contribution in [2.24, 2.45) is 0 Å². The number of anilines is 1. The quantitative estimate of drug-likeness (QED) is 0.638. The molecule has 2 N–H and O–H groups in total. The lowest BCUT2D eigenvalue weighted by atomic mass is 10.2. The lowest BCUT2D eigenvalue weighted by molar-refractivity contribution is -0.124. The van der Waals surface area contributed by atoms with E-state index < -0.39 is 5.25 Å². The lowest BCUT2D eigenvalue weighted by Crippen LogP contribution is -2.34. The van der Waals surface area contributed by atoms with Crippen LogP contribution in [0.4, 0.5) is 5.69 Å². The largest absolute Gasteiger partial charge is 0.352 e. The molecule has 2 amide bonds. The summed E-state index contributed by atoms with van der Waals surface area (Å²) in [7, 11) is 0. The van der Waals surface area contributed by atoms with Gasteiger partial charge >= 0.3 is 0 Å². The fourth-order valence-corrected chi connectivity index (χ4v) is 4.67. The van der Waals surface area contributed by atoms with Crippen LogP contribution >= 0.6 is 11.8 Å². The third kappa shape index (κ3) is 4.41. The van der Waals surface area contributed by atoms with E-state index in [0.717, 1.165) is 27.5 Å². The maximum Gasteiger partial charge on any atom is 0.238 e. The molecule has 1 aliphatic rings. The van der Waals surface area contributed by atoms with Gasteiger partial charge in [-0.05, 0) is 31.5 Å². The van der Waals surface area contributed by atoms with Crippen molar-refractivity contribution in [1.29, 1.82) is 0 Å². The Hall–Kier alpha value is -3.06. The first-order valence-corrected chi connectivity index (χ1v) is 10.8. The predicted octanol–water partition coefficient (Wildman–Crippen LogP) is 3.67. The minimum absolute atomic E-state index is 0.128. The Morgan fingerprint density at radius 1 is 1.13 bits per heavy atom. The number of carbonyl (C=O) groups excluding carboxylic acids is 2. The third-order valence-corrected chi connectivity index (χ3v) is 6.52. The van der Waals surface area contributed by atoms with Gasteiger partial charge in [-0.3, -0.25) is 14.3 Å². The van der Waals surface area contributed by atoms with E-state index >= 15 is 0 Å². The van der Waals surface area contributed by atoms with Crippen molar-refractivity contribution in [2.75, 3.05) is 5.32 Å². The first kappa shape index (κ1) is 20.2. The molecule has 1 aromatic heterocycles. The maximum absolute atomic E-state index is 12.5. The molecule has 6 nitrogen and oxygen atoms in total. The van der Waals surface area contributed by atoms with Gasteiger partial charge in [0.25, 0.3) is 0 Å². The number of para-hydroxylation sites is 1. The number of benzene rings is 2. The number of nitrogens with one attached hydrogen (secondary N) is 2. The average molecular weight is 421 g/mol. The fraction of sp³-hybridized carbons (Fsp3) is 0.261. The topological polar surface area (TPSA) is 76.0 Å². The van der Waals surface area contributed by atoms with Crippen molar-refractivity contribution in [1.82, 2.24) is 15.1 Å². The van der Waals surface area contributed by atoms with Gasteiger partial charge in [-0.25, -0.2) is 0 Å². The Morgan fingerprint density at radius 3 is 2.67 bits per heavy atom. The number of rotatable bonds is 6. The summed E-state index contributed by atoms with van der Waals surface area (Å²) in [5.74, 6) is -0.270. The van der Waals surface area contributed by atoms with Gasteiger partial charge in [-0.15, -0.1) is 11.8 Å². The van der Waals surface area contributed by atoms with Crippen molar-refractivity contribution in [3.8, 4) is 0 Å². The molecule has 0 spiro atoms. The summed E-state index contributed by atoms with van der Waals surface area (Å²) in [6, 6.07) is 17.8. The second kappa shape index (κ2) is 8.75. The number of fused-ring (bicyclic) bond motifs is 1. The van der Waals surface area contributed by atoms with E-state index in [1.807, 2.05) is 61.0 Å². The van der Waals surface area contributed by atoms with Crippen LogP contribution in [0.15, 0.2) is 59.5 Å². The maximum atomic E-state index is 12.5. The number of hydrogen-bond donors (Lipinski definition) is 2. The highest BCUT2D eigenvalue weighted by Crippen LogP contribution is 2.36. The normalized spacial score (nSPS) is 15.4. The van der Waals surface area contributed by atoms with E-state index in [-0.39, 0.29) is 18.2 Å². The molecule has 0 fully saturated rings. The molecule has 0 saturated heterocycles. The summed E-state index contributed by atoms with van der Waals surface area (Å²) in [4.78, 5) is 25.8. The summed E-state index contributed by atoms with van der Waals surface area (Å²) < 4.78 is 1.97. The molecule has 154 valence electrons. The summed E-state index contributed by atoms with van der Waals surface area (Å²) in [5.41, 5.74) is 4.95. The molecule has 0 unspecified atom stereocenters. The van der Waals surface area contributed by atoms with Crippen LogP contribution in [-0.2, 0) is 22.7 Å². The number of aromatic nitrogens is 2. The second-order valence-electron chi connectivity index (χ2n) is 7.37. The second-order valence-corrected chi connectivity index (χ2v) is 8.61. The Bertz CT molecular complexity index is 1080. The smallest absolute Gasteiger partial charge is 0.238 e. The van der Waals surface area contributed by atoms with Crippen molar-refractivity contribution in [2.45, 2.75) is 43.5 Å². The van der Waals surface area contributed by atoms with Crippen LogP contribution in [0.25, 0.3) is 0 Å². The van der Waals surface area contributed by atoms with Crippen LogP contribution in [0.1, 0.15) is 28.9 Å². The molecule has 4 rings (SSSR count). The number of thioether (sulfide) groups is 1. The van der Waals surface area contributed by atoms with E-state index in [2.05, 4.69) is 27.9 Å². The minimum atomic E-state index is -0.428. The van der Waals surface area contributed by atoms with E-state index in [4.69, 9.17) is 0 Å². The molecular formula is C23H24N4O2S. The average Bonchev–Trinajstić information content (AvgIpc) is 3.00. The molecule has 0 radical (unpaired) electrons. The highest BCUT2D eigenvalue weighted by atomic mass is 32.2. The van der Waals surface area contributed by atoms with Crippen molar-refractivity contribution in [3.05, 3.63) is 77.1 Å². The van der Waals surface area contributed by atoms with Gasteiger partial charge in [0.1, 0.15) is 0 Å². The highest BCUT2D eigenvalue weighted by Gasteiger charge is 2.28. The van der Waals surface area contributed by atoms with Crippen LogP contribution < -0.4 is 10.6 Å². The highest BCUT2D eigenvalue weighted by molar-refractivity contribution is 8.01. The van der Waals surface area contributed by atoms with E-state index in [1.165, 1.54) is 17.3 Å². The van der Waals surface area contributed by atoms with Crippen LogP contribution in [0.5, 0.6) is 0 Å². The first-order chi connectivity index (χ1) is 14.5. The molecule has 7 heteroatoms. The SMILES string of the molecule is Cc1nn(Cc2ccccc2)c(C)c1CNC(=O)C[C@H]1Sc2ccccc2NC1=O. The van der Waals surface area contributed by atoms with Crippen molar-refractivity contribution in [3.63, 3.8) is 0 Å². The van der Waals surface area contributed by atoms with Crippen LogP contribution in [-0.4, -0.2) is 26.8 Å². The van der Waals surface area contributed by atoms with Gasteiger partial charge in [0.05, 0.1) is 23.2 Å². The van der Waals surface area contributed by atoms with Gasteiger partial charge in [0.15, 0.2) is 0 Å². The van der Waals surface area contributed by atoms with Crippen LogP contribution in [0, 0.1) is 13.8 Å². The predicted molar refractivity (Wildman–Crippen MR) is 118 cm³/mol. The summed E-state index contributed by atoms with van der Waals surface area (Å²) in [6.07, 6.45) is 0.140. The van der Waals surface area contributed by atoms with Gasteiger partial charge in [0.2, 0.25) is 11.8 Å². The Labute approximate surface area is 180 Å². The Kier molecular flexibility index (Phi) is 5.90. The van der Waals surface area contributed by atoms with Crippen LogP contribution in [0.2, 0.25) is 0 Å². The van der Waals surface area contributed by atoms with E-state index in [9.17, 15) is 9.59 Å². The van der Waals surface area contributed by atoms with Gasteiger partial charge in [-0.2, -0.15) is 5.10 Å². The molecule has 30 heavy (non-hydrogen) atoms. The van der Waals surface area contributed by atoms with Gasteiger partial charge in [-0.1, -0.05) is 42.5 Å². The number of aryl methyl sites for hydroxylation is 1. The number of hydrogen-bond acceptors (Lipinski definition) is 4. The zero-order valence-corrected chi connectivity index (χ0v) is 17.8. The zero-order valence-electron chi connectivity index (χ0n) is 17.0. The van der Waals surface area contributed by atoms with E-state index in [1.54, 1.807) is 0 Å². The summed E-state index contributed by atoms with van der Waals surface area (Å²) in [5, 5.41) is 10.1. The summed E-state index contributed by atoms with van der Waals surface area (Å²) >= 11 is 1.44. The van der Waals surface area contributed by atoms with Gasteiger partial charge < -0.3 is 10.6 Å². The molecule has 3 aromatic rings. The molecular weight excluding hydrogens is 396 g/mol. The standard InChI is InChI=1S/C23H24N4O2S/c1-15-18(16(2)27(26-15)14-17-8-4-3-5-9-17)13-24-22(28)12-21-23(29)25-19-10-6-7-11-20(19)30-21/h3-11,21H,12-14H2,1-2H3,(H,24,28)(H,25,29)/t21-/m1/s1. The molecule has 0 saturated carbocycles. The molecule has 0 aliphatic carbocycles. The molecule has 1 atom stereocenters. The fourth-order valence-electron chi connectivity index (χ4n) is 3.55. The zero-order chi connectivity index (χ0) is 21.1. The van der Waals surface area contributed by atoms with Gasteiger partial charge in [0, 0.05) is 29.1 Å². The molecule has 2 aromatic carbocycles. The lowest BCUT2D eigenvalue weighted by Gasteiger charge is -2.23. The monoisotopic (exact) mass is 420 g/mol.